The summed E-state index contributed by atoms with van der Waals surface area (Å²) in [6.45, 7) is 2.87. The number of rotatable bonds is 7. The van der Waals surface area contributed by atoms with Gasteiger partial charge in [-0.3, -0.25) is 4.79 Å². The molecule has 0 spiro atoms. The Morgan fingerprint density at radius 3 is 2.26 bits per heavy atom. The standard InChI is InChI=1S/C23H27N3O7S/c1-23(2)17-7-5-6-8-19(17)34(31,32)26(23)14-20(27)24-18(21(28)29)13-15-9-11-16(12-10-15)33-22(30)25(3)4/h5-12,18H,13-14H2,1-4H3,(H,24,27)(H,28,29)/t18-/m0/s1. The maximum absolute atomic E-state index is 13.0. The van der Waals surface area contributed by atoms with Crippen molar-refractivity contribution in [3.8, 4) is 5.75 Å². The molecule has 2 N–H and O–H groups in total. The second-order valence-corrected chi connectivity index (χ2v) is 10.5. The van der Waals surface area contributed by atoms with Crippen LogP contribution in [0.15, 0.2) is 53.4 Å². The number of carboxylic acids is 1. The zero-order valence-corrected chi connectivity index (χ0v) is 20.1. The van der Waals surface area contributed by atoms with Crippen molar-refractivity contribution in [3.05, 3.63) is 59.7 Å². The minimum atomic E-state index is -3.90. The van der Waals surface area contributed by atoms with E-state index in [0.29, 0.717) is 16.9 Å². The lowest BCUT2D eigenvalue weighted by Crippen LogP contribution is -2.50. The maximum atomic E-state index is 13.0. The fraction of sp³-hybridized carbons (Fsp3) is 0.348. The predicted octanol–water partition coefficient (Wildman–Crippen LogP) is 1.80. The third-order valence-corrected chi connectivity index (χ3v) is 7.67. The largest absolute Gasteiger partial charge is 0.480 e. The van der Waals surface area contributed by atoms with Gasteiger partial charge in [0.25, 0.3) is 0 Å². The Morgan fingerprint density at radius 1 is 1.09 bits per heavy atom. The third-order valence-electron chi connectivity index (χ3n) is 5.59. The molecule has 1 heterocycles. The van der Waals surface area contributed by atoms with Crippen LogP contribution in [0.1, 0.15) is 25.0 Å². The fourth-order valence-corrected chi connectivity index (χ4v) is 5.80. The molecule has 1 aliphatic heterocycles. The number of nitrogens with one attached hydrogen (secondary N) is 1. The number of ether oxygens (including phenoxy) is 1. The molecule has 2 aromatic rings. The number of nitrogens with zero attached hydrogens (tertiary/aromatic N) is 2. The van der Waals surface area contributed by atoms with E-state index in [4.69, 9.17) is 4.74 Å². The van der Waals surface area contributed by atoms with E-state index >= 15 is 0 Å². The smallest absolute Gasteiger partial charge is 0.414 e. The molecule has 2 amide bonds. The Bertz CT molecular complexity index is 1210. The van der Waals surface area contributed by atoms with Crippen LogP contribution in [-0.2, 0) is 31.6 Å². The van der Waals surface area contributed by atoms with E-state index in [1.807, 2.05) is 0 Å². The number of amides is 2. The van der Waals surface area contributed by atoms with E-state index in [1.165, 1.54) is 23.1 Å². The molecule has 0 saturated carbocycles. The van der Waals surface area contributed by atoms with Gasteiger partial charge in [0, 0.05) is 20.5 Å². The highest BCUT2D eigenvalue weighted by Crippen LogP contribution is 2.43. The van der Waals surface area contributed by atoms with Gasteiger partial charge in [-0.2, -0.15) is 4.31 Å². The second-order valence-electron chi connectivity index (χ2n) is 8.64. The van der Waals surface area contributed by atoms with E-state index < -0.39 is 46.1 Å². The van der Waals surface area contributed by atoms with E-state index in [0.717, 1.165) is 4.31 Å². The van der Waals surface area contributed by atoms with Crippen LogP contribution in [0, 0.1) is 0 Å². The number of aliphatic carboxylic acids is 1. The van der Waals surface area contributed by atoms with Crippen molar-refractivity contribution in [3.63, 3.8) is 0 Å². The van der Waals surface area contributed by atoms with Gasteiger partial charge in [-0.1, -0.05) is 30.3 Å². The molecule has 0 aliphatic carbocycles. The number of carbonyl (C=O) groups excluding carboxylic acids is 2. The molecule has 1 aliphatic rings. The number of carboxylic acid groups (broad SMARTS) is 1. The van der Waals surface area contributed by atoms with Crippen molar-refractivity contribution in [2.75, 3.05) is 20.6 Å². The van der Waals surface area contributed by atoms with Gasteiger partial charge in [0.15, 0.2) is 0 Å². The first-order valence-corrected chi connectivity index (χ1v) is 11.9. The topological polar surface area (TPSA) is 133 Å². The summed E-state index contributed by atoms with van der Waals surface area (Å²) in [6.07, 6.45) is -0.593. The molecule has 0 saturated heterocycles. The monoisotopic (exact) mass is 489 g/mol. The summed E-state index contributed by atoms with van der Waals surface area (Å²) < 4.78 is 32.2. The molecule has 0 bridgehead atoms. The Hall–Kier alpha value is -3.44. The van der Waals surface area contributed by atoms with Gasteiger partial charge in [-0.15, -0.1) is 0 Å². The zero-order chi connectivity index (χ0) is 25.3. The molecule has 0 unspecified atom stereocenters. The molecule has 2 aromatic carbocycles. The van der Waals surface area contributed by atoms with Crippen LogP contribution in [-0.4, -0.2) is 67.4 Å². The van der Waals surface area contributed by atoms with Gasteiger partial charge in [0.1, 0.15) is 11.8 Å². The number of sulfonamides is 1. The van der Waals surface area contributed by atoms with Crippen LogP contribution in [0.4, 0.5) is 4.79 Å². The van der Waals surface area contributed by atoms with Crippen molar-refractivity contribution in [2.45, 2.75) is 36.7 Å². The van der Waals surface area contributed by atoms with Crippen molar-refractivity contribution in [1.82, 2.24) is 14.5 Å². The first-order valence-electron chi connectivity index (χ1n) is 10.5. The van der Waals surface area contributed by atoms with Crippen LogP contribution >= 0.6 is 0 Å². The average Bonchev–Trinajstić information content (AvgIpc) is 2.92. The number of hydrogen-bond donors (Lipinski definition) is 2. The molecule has 10 nitrogen and oxygen atoms in total. The Morgan fingerprint density at radius 2 is 1.71 bits per heavy atom. The molecule has 0 fully saturated rings. The molecule has 0 radical (unpaired) electrons. The molecule has 11 heteroatoms. The lowest BCUT2D eigenvalue weighted by molar-refractivity contribution is -0.141. The Kier molecular flexibility index (Phi) is 6.99. The summed E-state index contributed by atoms with van der Waals surface area (Å²) in [5.74, 6) is -1.70. The van der Waals surface area contributed by atoms with Crippen LogP contribution in [0.25, 0.3) is 0 Å². The molecule has 3 rings (SSSR count). The predicted molar refractivity (Wildman–Crippen MR) is 123 cm³/mol. The van der Waals surface area contributed by atoms with Crippen molar-refractivity contribution >= 4 is 28.0 Å². The van der Waals surface area contributed by atoms with E-state index in [-0.39, 0.29) is 11.3 Å². The van der Waals surface area contributed by atoms with Crippen LogP contribution in [0.3, 0.4) is 0 Å². The third kappa shape index (κ3) is 5.05. The minimum Gasteiger partial charge on any atom is -0.480 e. The van der Waals surface area contributed by atoms with Gasteiger partial charge in [-0.05, 0) is 43.2 Å². The summed E-state index contributed by atoms with van der Waals surface area (Å²) in [5, 5.41) is 12.0. The summed E-state index contributed by atoms with van der Waals surface area (Å²) in [7, 11) is -0.813. The quantitative estimate of drug-likeness (QED) is 0.606. The fourth-order valence-electron chi connectivity index (χ4n) is 3.73. The average molecular weight is 490 g/mol. The first-order chi connectivity index (χ1) is 15.8. The lowest BCUT2D eigenvalue weighted by Gasteiger charge is -2.30. The zero-order valence-electron chi connectivity index (χ0n) is 19.3. The Balaban J connectivity index is 1.69. The van der Waals surface area contributed by atoms with Crippen molar-refractivity contribution < 1.29 is 32.6 Å². The Labute approximate surface area is 198 Å². The highest BCUT2D eigenvalue weighted by molar-refractivity contribution is 7.89. The highest BCUT2D eigenvalue weighted by atomic mass is 32.2. The molecule has 1 atom stereocenters. The number of hydrogen-bond acceptors (Lipinski definition) is 6. The highest BCUT2D eigenvalue weighted by Gasteiger charge is 2.48. The summed E-state index contributed by atoms with van der Waals surface area (Å²) >= 11 is 0. The van der Waals surface area contributed by atoms with Gasteiger partial charge >= 0.3 is 12.1 Å². The normalized spacial score (nSPS) is 16.8. The van der Waals surface area contributed by atoms with Gasteiger partial charge < -0.3 is 20.1 Å². The summed E-state index contributed by atoms with van der Waals surface area (Å²) in [4.78, 5) is 37.5. The van der Waals surface area contributed by atoms with E-state index in [9.17, 15) is 27.9 Å². The second kappa shape index (κ2) is 9.43. The van der Waals surface area contributed by atoms with Gasteiger partial charge in [-0.25, -0.2) is 18.0 Å². The van der Waals surface area contributed by atoms with Crippen LogP contribution in [0.5, 0.6) is 5.75 Å². The summed E-state index contributed by atoms with van der Waals surface area (Å²) in [6, 6.07) is 11.5. The molecular formula is C23H27N3O7S. The molecule has 0 aromatic heterocycles. The number of fused-ring (bicyclic) bond motifs is 1. The molecule has 34 heavy (non-hydrogen) atoms. The number of benzene rings is 2. The molecule has 182 valence electrons. The van der Waals surface area contributed by atoms with Crippen molar-refractivity contribution in [2.24, 2.45) is 0 Å². The van der Waals surface area contributed by atoms with Gasteiger partial charge in [0.05, 0.1) is 17.0 Å². The first kappa shape index (κ1) is 25.2. The van der Waals surface area contributed by atoms with E-state index in [2.05, 4.69) is 5.32 Å². The molecular weight excluding hydrogens is 462 g/mol. The maximum Gasteiger partial charge on any atom is 0.414 e. The summed E-state index contributed by atoms with van der Waals surface area (Å²) in [5.41, 5.74) is 0.192. The van der Waals surface area contributed by atoms with Gasteiger partial charge in [0.2, 0.25) is 15.9 Å². The van der Waals surface area contributed by atoms with Crippen molar-refractivity contribution in [1.29, 1.82) is 0 Å². The van der Waals surface area contributed by atoms with E-state index in [1.54, 1.807) is 58.3 Å². The SMILES string of the molecule is CN(C)C(=O)Oc1ccc(C[C@H](NC(=O)CN2C(C)(C)c3ccccc3S2(=O)=O)C(=O)O)cc1. The number of carbonyl (C=O) groups is 3. The van der Waals surface area contributed by atoms with Crippen LogP contribution < -0.4 is 10.1 Å². The minimum absolute atomic E-state index is 0.0423. The van der Waals surface area contributed by atoms with Crippen LogP contribution in [0.2, 0.25) is 0 Å². The lowest BCUT2D eigenvalue weighted by atomic mass is 9.94.